The van der Waals surface area contributed by atoms with Crippen molar-refractivity contribution in [2.24, 2.45) is 0 Å². The zero-order valence-electron chi connectivity index (χ0n) is 12.1. The van der Waals surface area contributed by atoms with Crippen LogP contribution in [0.5, 0.6) is 0 Å². The van der Waals surface area contributed by atoms with Gasteiger partial charge in [0.1, 0.15) is 7.17 Å². The molecule has 0 aliphatic heterocycles. The third kappa shape index (κ3) is 10.0. The van der Waals surface area contributed by atoms with Crippen molar-refractivity contribution in [2.45, 2.75) is 64.4 Å². The van der Waals surface area contributed by atoms with Crippen molar-refractivity contribution in [3.63, 3.8) is 0 Å². The van der Waals surface area contributed by atoms with Gasteiger partial charge in [0.25, 0.3) is 0 Å². The van der Waals surface area contributed by atoms with Crippen LogP contribution in [0.4, 0.5) is 0 Å². The number of ether oxygens (including phenoxy) is 1. The second kappa shape index (κ2) is 6.53. The van der Waals surface area contributed by atoms with E-state index >= 15 is 0 Å². The van der Waals surface area contributed by atoms with E-state index in [0.29, 0.717) is 13.0 Å². The Morgan fingerprint density at radius 2 is 1.59 bits per heavy atom. The summed E-state index contributed by atoms with van der Waals surface area (Å²) in [5, 5.41) is 9.69. The van der Waals surface area contributed by atoms with Gasteiger partial charge in [0.15, 0.2) is 0 Å². The summed E-state index contributed by atoms with van der Waals surface area (Å²) in [5.41, 5.74) is -0.963. The molecule has 0 bridgehead atoms. The summed E-state index contributed by atoms with van der Waals surface area (Å²) in [6.07, 6.45) is 0.639. The van der Waals surface area contributed by atoms with Gasteiger partial charge in [-0.2, -0.15) is 12.6 Å². The van der Waals surface area contributed by atoms with Crippen LogP contribution in [0.2, 0.25) is 5.31 Å². The number of aliphatic hydroxyl groups is 1. The molecule has 1 N–H and O–H groups in total. The van der Waals surface area contributed by atoms with Crippen LogP contribution in [0.1, 0.15) is 48.0 Å². The minimum Gasteiger partial charge on any atom is -0.390 e. The zero-order valence-corrected chi connectivity index (χ0v) is 13.0. The van der Waals surface area contributed by atoms with Crippen molar-refractivity contribution in [2.75, 3.05) is 12.4 Å². The first-order valence-electron chi connectivity index (χ1n) is 6.15. The zero-order chi connectivity index (χ0) is 13.7. The molecule has 0 atom stereocenters. The Balaban J connectivity index is 3.96. The fraction of sp³-hybridized carbons (Fsp3) is 1.00. The van der Waals surface area contributed by atoms with Gasteiger partial charge in [0.05, 0.1) is 12.8 Å². The monoisotopic (exact) mass is 256 g/mol. The molecule has 2 radical (unpaired) electrons. The highest BCUT2D eigenvalue weighted by Crippen LogP contribution is 2.24. The third-order valence-electron chi connectivity index (χ3n) is 2.53. The lowest BCUT2D eigenvalue weighted by Crippen LogP contribution is -2.40. The molecule has 0 aromatic rings. The van der Waals surface area contributed by atoms with E-state index in [4.69, 9.17) is 4.74 Å². The predicted molar refractivity (Wildman–Crippen MR) is 80.3 cm³/mol. The Morgan fingerprint density at radius 1 is 1.06 bits per heavy atom. The standard InChI is InChI=1S/C12H26B2O2S/c1-10(2,9-17)13-14-12(5,6)16-8-7-11(3,4)15/h15,17H,7-9H2,1-6H3. The molecule has 0 spiro atoms. The van der Waals surface area contributed by atoms with Crippen LogP contribution in [0, 0.1) is 0 Å². The maximum atomic E-state index is 9.60. The molecule has 0 fully saturated rings. The number of hydrogen-bond acceptors (Lipinski definition) is 3. The summed E-state index contributed by atoms with van der Waals surface area (Å²) in [4.78, 5) is 0. The maximum Gasteiger partial charge on any atom is 0.109 e. The first kappa shape index (κ1) is 17.4. The van der Waals surface area contributed by atoms with Gasteiger partial charge in [-0.05, 0) is 39.9 Å². The molecule has 0 aliphatic carbocycles. The molecule has 0 unspecified atom stereocenters. The van der Waals surface area contributed by atoms with E-state index in [9.17, 15) is 5.11 Å². The summed E-state index contributed by atoms with van der Waals surface area (Å²) in [7, 11) is 4.22. The summed E-state index contributed by atoms with van der Waals surface area (Å²) in [6, 6.07) is 0. The van der Waals surface area contributed by atoms with Crippen molar-refractivity contribution in [3.8, 4) is 0 Å². The highest BCUT2D eigenvalue weighted by atomic mass is 32.1. The Labute approximate surface area is 114 Å². The van der Waals surface area contributed by atoms with Gasteiger partial charge >= 0.3 is 0 Å². The summed E-state index contributed by atoms with van der Waals surface area (Å²) >= 11 is 4.31. The van der Waals surface area contributed by atoms with Crippen molar-refractivity contribution in [3.05, 3.63) is 0 Å². The Bertz CT molecular complexity index is 225. The maximum absolute atomic E-state index is 9.60. The van der Waals surface area contributed by atoms with Crippen LogP contribution in [0.25, 0.3) is 0 Å². The van der Waals surface area contributed by atoms with E-state index < -0.39 is 5.60 Å². The van der Waals surface area contributed by atoms with Gasteiger partial charge in [-0.15, -0.1) is 0 Å². The van der Waals surface area contributed by atoms with Gasteiger partial charge in [-0.1, -0.05) is 19.2 Å². The van der Waals surface area contributed by atoms with Crippen molar-refractivity contribution >= 4 is 27.0 Å². The average molecular weight is 256 g/mol. The van der Waals surface area contributed by atoms with E-state index in [1.165, 1.54) is 0 Å². The van der Waals surface area contributed by atoms with Crippen LogP contribution in [0.15, 0.2) is 0 Å². The molecule has 2 nitrogen and oxygen atoms in total. The second-order valence-electron chi connectivity index (χ2n) is 6.49. The first-order chi connectivity index (χ1) is 7.47. The first-order valence-corrected chi connectivity index (χ1v) is 6.78. The fourth-order valence-corrected chi connectivity index (χ4v) is 1.20. The molecule has 5 heteroatoms. The minimum atomic E-state index is -0.663. The van der Waals surface area contributed by atoms with Gasteiger partial charge in [0.2, 0.25) is 0 Å². The lowest BCUT2D eigenvalue weighted by molar-refractivity contribution is -0.00671. The molecule has 0 aliphatic rings. The van der Waals surface area contributed by atoms with Crippen LogP contribution in [0.3, 0.4) is 0 Å². The lowest BCUT2D eigenvalue weighted by atomic mass is 9.25. The van der Waals surface area contributed by atoms with Gasteiger partial charge in [-0.25, -0.2) is 0 Å². The third-order valence-corrected chi connectivity index (χ3v) is 3.35. The van der Waals surface area contributed by atoms with Gasteiger partial charge < -0.3 is 9.84 Å². The summed E-state index contributed by atoms with van der Waals surface area (Å²) < 4.78 is 5.77. The molecular formula is C12H26B2O2S. The molecule has 0 aromatic heterocycles. The van der Waals surface area contributed by atoms with Gasteiger partial charge in [-0.3, -0.25) is 0 Å². The number of thiol groups is 1. The van der Waals surface area contributed by atoms with E-state index in [-0.39, 0.29) is 10.8 Å². The molecule has 98 valence electrons. The molecule has 0 saturated heterocycles. The summed E-state index contributed by atoms with van der Waals surface area (Å²) in [6.45, 7) is 12.5. The van der Waals surface area contributed by atoms with Gasteiger partial charge in [0, 0.05) is 12.1 Å². The smallest absolute Gasteiger partial charge is 0.109 e. The quantitative estimate of drug-likeness (QED) is 0.515. The molecular weight excluding hydrogens is 230 g/mol. The predicted octanol–water partition coefficient (Wildman–Crippen LogP) is 2.35. The SMILES string of the molecule is CC(C)(O)CCOC(C)(C)[B][B]C(C)(C)CS. The topological polar surface area (TPSA) is 29.5 Å². The molecule has 0 aromatic carbocycles. The molecule has 0 saturated carbocycles. The van der Waals surface area contributed by atoms with Crippen LogP contribution >= 0.6 is 12.6 Å². The lowest BCUT2D eigenvalue weighted by Gasteiger charge is -2.30. The van der Waals surface area contributed by atoms with E-state index in [0.717, 1.165) is 5.75 Å². The van der Waals surface area contributed by atoms with E-state index in [1.54, 1.807) is 13.8 Å². The Hall–Kier alpha value is 0.400. The van der Waals surface area contributed by atoms with Crippen LogP contribution in [-0.4, -0.2) is 42.9 Å². The molecule has 0 rings (SSSR count). The minimum absolute atomic E-state index is 0.0833. The normalized spacial score (nSPS) is 13.6. The number of rotatable bonds is 8. The van der Waals surface area contributed by atoms with E-state index in [2.05, 4.69) is 40.8 Å². The Morgan fingerprint density at radius 3 is 2.00 bits per heavy atom. The van der Waals surface area contributed by atoms with Crippen molar-refractivity contribution in [1.82, 2.24) is 0 Å². The average Bonchev–Trinajstić information content (AvgIpc) is 2.13. The van der Waals surface area contributed by atoms with Crippen molar-refractivity contribution < 1.29 is 9.84 Å². The molecule has 0 heterocycles. The Kier molecular flexibility index (Phi) is 6.69. The van der Waals surface area contributed by atoms with Crippen molar-refractivity contribution in [1.29, 1.82) is 0 Å². The fourth-order valence-electron chi connectivity index (χ4n) is 1.09. The van der Waals surface area contributed by atoms with E-state index in [1.807, 2.05) is 13.8 Å². The van der Waals surface area contributed by atoms with Crippen LogP contribution in [-0.2, 0) is 4.74 Å². The highest BCUT2D eigenvalue weighted by molar-refractivity contribution is 7.80. The molecule has 17 heavy (non-hydrogen) atoms. The highest BCUT2D eigenvalue weighted by Gasteiger charge is 2.26. The van der Waals surface area contributed by atoms with Crippen LogP contribution < -0.4 is 0 Å². The number of hydrogen-bond donors (Lipinski definition) is 2. The second-order valence-corrected chi connectivity index (χ2v) is 6.81. The molecule has 0 amide bonds. The largest absolute Gasteiger partial charge is 0.390 e. The summed E-state index contributed by atoms with van der Waals surface area (Å²) in [5.74, 6) is 0.809.